The van der Waals surface area contributed by atoms with Crippen LogP contribution in [0, 0.1) is 0 Å². The molecule has 5 heteroatoms. The molecule has 0 radical (unpaired) electrons. The van der Waals surface area contributed by atoms with Gasteiger partial charge in [-0.1, -0.05) is 17.5 Å². The van der Waals surface area contributed by atoms with Gasteiger partial charge in [-0.3, -0.25) is 4.79 Å². The van der Waals surface area contributed by atoms with Crippen molar-refractivity contribution in [2.45, 2.75) is 26.3 Å². The first-order chi connectivity index (χ1) is 13.5. The third kappa shape index (κ3) is 8.60. The average Bonchev–Trinajstić information content (AvgIpc) is 2.68. The SMILES string of the molecule is CC(=O)SCCC[n+]1ccccc1/C=C/C1=C=C=C(NCCCN(C)C)C=C1. The lowest BCUT2D eigenvalue weighted by atomic mass is 10.1. The Balaban J connectivity index is 1.93. The molecular formula is C23H30N3OS+. The van der Waals surface area contributed by atoms with Gasteiger partial charge >= 0.3 is 0 Å². The van der Waals surface area contributed by atoms with Crippen LogP contribution in [0.5, 0.6) is 0 Å². The molecule has 0 spiro atoms. The minimum absolute atomic E-state index is 0.181. The van der Waals surface area contributed by atoms with E-state index in [4.69, 9.17) is 0 Å². The molecule has 4 nitrogen and oxygen atoms in total. The number of carbonyl (C=O) groups excluding carboxylic acids is 1. The van der Waals surface area contributed by atoms with Crippen LogP contribution in [0.15, 0.2) is 65.4 Å². The van der Waals surface area contributed by atoms with Crippen molar-refractivity contribution in [1.82, 2.24) is 10.2 Å². The van der Waals surface area contributed by atoms with E-state index in [1.165, 1.54) is 11.8 Å². The van der Waals surface area contributed by atoms with Gasteiger partial charge in [-0.15, -0.1) is 0 Å². The second-order valence-corrected chi connectivity index (χ2v) is 8.15. The number of nitrogens with zero attached hydrogens (tertiary/aromatic N) is 2. The van der Waals surface area contributed by atoms with E-state index in [0.29, 0.717) is 0 Å². The molecule has 0 aromatic carbocycles. The number of thioether (sulfide) groups is 1. The van der Waals surface area contributed by atoms with Crippen LogP contribution in [-0.2, 0) is 11.3 Å². The highest BCUT2D eigenvalue weighted by Crippen LogP contribution is 2.08. The van der Waals surface area contributed by atoms with Gasteiger partial charge < -0.3 is 10.2 Å². The monoisotopic (exact) mass is 396 g/mol. The Labute approximate surface area is 173 Å². The fourth-order valence-corrected chi connectivity index (χ4v) is 3.25. The van der Waals surface area contributed by atoms with Crippen LogP contribution < -0.4 is 9.88 Å². The maximum absolute atomic E-state index is 11.0. The van der Waals surface area contributed by atoms with E-state index in [9.17, 15) is 4.79 Å². The number of rotatable bonds is 11. The molecule has 1 aromatic heterocycles. The van der Waals surface area contributed by atoms with Crippen LogP contribution >= 0.6 is 11.8 Å². The molecule has 0 amide bonds. The highest BCUT2D eigenvalue weighted by molar-refractivity contribution is 8.13. The van der Waals surface area contributed by atoms with Crippen molar-refractivity contribution in [3.8, 4) is 0 Å². The molecule has 1 N–H and O–H groups in total. The Hall–Kier alpha value is -2.29. The second-order valence-electron chi connectivity index (χ2n) is 6.88. The summed E-state index contributed by atoms with van der Waals surface area (Å²) < 4.78 is 2.21. The first-order valence-electron chi connectivity index (χ1n) is 9.67. The quantitative estimate of drug-likeness (QED) is 0.354. The first kappa shape index (κ1) is 22.0. The van der Waals surface area contributed by atoms with Crippen molar-refractivity contribution in [2.75, 3.05) is 32.9 Å². The maximum atomic E-state index is 11.0. The zero-order valence-electron chi connectivity index (χ0n) is 17.1. The molecule has 0 atom stereocenters. The lowest BCUT2D eigenvalue weighted by Gasteiger charge is -2.10. The van der Waals surface area contributed by atoms with E-state index in [1.807, 2.05) is 18.2 Å². The van der Waals surface area contributed by atoms with Gasteiger partial charge in [0.05, 0.1) is 5.70 Å². The smallest absolute Gasteiger partial charge is 0.205 e. The molecule has 28 heavy (non-hydrogen) atoms. The molecule has 1 aliphatic rings. The van der Waals surface area contributed by atoms with Crippen molar-refractivity contribution < 1.29 is 9.36 Å². The first-order valence-corrected chi connectivity index (χ1v) is 10.7. The summed E-state index contributed by atoms with van der Waals surface area (Å²) in [5.74, 6) is 0.853. The van der Waals surface area contributed by atoms with Crippen molar-refractivity contribution >= 4 is 23.0 Å². The van der Waals surface area contributed by atoms with Gasteiger partial charge in [0.1, 0.15) is 6.54 Å². The Morgan fingerprint density at radius 1 is 1.21 bits per heavy atom. The van der Waals surface area contributed by atoms with Crippen LogP contribution in [0.4, 0.5) is 0 Å². The number of allylic oxidation sites excluding steroid dienone is 4. The van der Waals surface area contributed by atoms with Gasteiger partial charge in [0.25, 0.3) is 0 Å². The standard InChI is InChI=1S/C23H29N3OS/c1-20(27)28-19-7-18-26-17-5-4-8-23(26)14-11-21-9-12-22(13-10-21)24-15-6-16-25(2)3/h4-5,8-9,11-12,14,17H,6-7,15-16,18-19H2,1-3H3/p+1. The fraction of sp³-hybridized carbons (Fsp3) is 0.391. The fourth-order valence-electron chi connectivity index (χ4n) is 2.69. The largest absolute Gasteiger partial charge is 0.378 e. The van der Waals surface area contributed by atoms with Crippen LogP contribution in [-0.4, -0.2) is 43.0 Å². The molecule has 0 saturated carbocycles. The van der Waals surface area contributed by atoms with Crippen LogP contribution in [0.1, 0.15) is 25.5 Å². The highest BCUT2D eigenvalue weighted by Gasteiger charge is 2.07. The number of aryl methyl sites for hydroxylation is 1. The minimum atomic E-state index is 0.181. The van der Waals surface area contributed by atoms with E-state index >= 15 is 0 Å². The number of hydrogen-bond acceptors (Lipinski definition) is 4. The van der Waals surface area contributed by atoms with E-state index in [1.54, 1.807) is 6.92 Å². The Morgan fingerprint density at radius 3 is 2.79 bits per heavy atom. The Bertz CT molecular complexity index is 826. The summed E-state index contributed by atoms with van der Waals surface area (Å²) in [4.78, 5) is 13.2. The van der Waals surface area contributed by atoms with Crippen molar-refractivity contribution in [3.05, 3.63) is 71.1 Å². The van der Waals surface area contributed by atoms with Crippen molar-refractivity contribution in [1.29, 1.82) is 0 Å². The summed E-state index contributed by atoms with van der Waals surface area (Å²) in [7, 11) is 4.17. The van der Waals surface area contributed by atoms with Gasteiger partial charge in [0, 0.05) is 49.4 Å². The van der Waals surface area contributed by atoms with Crippen LogP contribution in [0.3, 0.4) is 0 Å². The lowest BCUT2D eigenvalue weighted by Crippen LogP contribution is -2.36. The molecule has 1 aliphatic carbocycles. The topological polar surface area (TPSA) is 36.2 Å². The van der Waals surface area contributed by atoms with Gasteiger partial charge in [0.2, 0.25) is 5.69 Å². The van der Waals surface area contributed by atoms with Crippen LogP contribution in [0.25, 0.3) is 6.08 Å². The average molecular weight is 397 g/mol. The van der Waals surface area contributed by atoms with Gasteiger partial charge in [0.15, 0.2) is 11.3 Å². The third-order valence-electron chi connectivity index (χ3n) is 4.13. The summed E-state index contributed by atoms with van der Waals surface area (Å²) in [5.41, 5.74) is 9.51. The summed E-state index contributed by atoms with van der Waals surface area (Å²) >= 11 is 1.39. The number of carbonyl (C=O) groups is 1. The summed E-state index contributed by atoms with van der Waals surface area (Å²) in [5, 5.41) is 3.56. The summed E-state index contributed by atoms with van der Waals surface area (Å²) in [6.45, 7) is 4.52. The molecule has 0 saturated heterocycles. The molecule has 2 rings (SSSR count). The predicted molar refractivity (Wildman–Crippen MR) is 118 cm³/mol. The zero-order chi connectivity index (χ0) is 20.2. The minimum Gasteiger partial charge on any atom is -0.378 e. The lowest BCUT2D eigenvalue weighted by molar-refractivity contribution is -0.698. The third-order valence-corrected chi connectivity index (χ3v) is 5.03. The number of aromatic nitrogens is 1. The van der Waals surface area contributed by atoms with Crippen LogP contribution in [0.2, 0.25) is 0 Å². The zero-order valence-corrected chi connectivity index (χ0v) is 17.9. The van der Waals surface area contributed by atoms with Gasteiger partial charge in [-0.05, 0) is 57.1 Å². The summed E-state index contributed by atoms with van der Waals surface area (Å²) in [6.07, 6.45) is 12.4. The molecular weight excluding hydrogens is 366 g/mol. The number of nitrogens with one attached hydrogen (secondary N) is 1. The summed E-state index contributed by atoms with van der Waals surface area (Å²) in [6, 6.07) is 6.17. The number of hydrogen-bond donors (Lipinski definition) is 1. The highest BCUT2D eigenvalue weighted by atomic mass is 32.2. The Kier molecular flexibility index (Phi) is 9.61. The molecule has 0 fully saturated rings. The Morgan fingerprint density at radius 2 is 2.07 bits per heavy atom. The normalized spacial score (nSPS) is 13.1. The molecule has 0 aliphatic heterocycles. The molecule has 0 unspecified atom stereocenters. The van der Waals surface area contributed by atoms with Gasteiger partial charge in [-0.25, -0.2) is 0 Å². The second kappa shape index (κ2) is 12.2. The molecule has 1 heterocycles. The van der Waals surface area contributed by atoms with E-state index in [-0.39, 0.29) is 5.12 Å². The maximum Gasteiger partial charge on any atom is 0.205 e. The van der Waals surface area contributed by atoms with E-state index < -0.39 is 0 Å². The van der Waals surface area contributed by atoms with E-state index in [0.717, 1.165) is 55.2 Å². The predicted octanol–water partition coefficient (Wildman–Crippen LogP) is 3.33. The molecule has 1 aromatic rings. The van der Waals surface area contributed by atoms with E-state index in [2.05, 4.69) is 70.8 Å². The van der Waals surface area contributed by atoms with Crippen molar-refractivity contribution in [2.24, 2.45) is 0 Å². The van der Waals surface area contributed by atoms with Gasteiger partial charge in [-0.2, -0.15) is 4.57 Å². The van der Waals surface area contributed by atoms with Crippen molar-refractivity contribution in [3.63, 3.8) is 0 Å². The molecule has 0 bridgehead atoms. The number of pyridine rings is 1. The molecule has 148 valence electrons.